The van der Waals surface area contributed by atoms with Crippen molar-refractivity contribution >= 4 is 32.0 Å². The molecule has 35 heavy (non-hydrogen) atoms. The van der Waals surface area contributed by atoms with Crippen LogP contribution in [0.25, 0.3) is 5.57 Å². The highest BCUT2D eigenvalue weighted by molar-refractivity contribution is 7.42. The summed E-state index contributed by atoms with van der Waals surface area (Å²) < 4.78 is 0. The van der Waals surface area contributed by atoms with E-state index in [4.69, 9.17) is 11.1 Å². The number of benzene rings is 1. The lowest BCUT2D eigenvalue weighted by Gasteiger charge is -2.29. The summed E-state index contributed by atoms with van der Waals surface area (Å²) in [5.41, 5.74) is 10.3. The second kappa shape index (κ2) is 29.6. The van der Waals surface area contributed by atoms with Crippen molar-refractivity contribution in [2.75, 3.05) is 31.2 Å². The Labute approximate surface area is 219 Å². The largest absolute Gasteiger partial charge is 0.403 e. The van der Waals surface area contributed by atoms with Crippen LogP contribution in [0.3, 0.4) is 0 Å². The number of rotatable bonds is 6. The van der Waals surface area contributed by atoms with Crippen LogP contribution in [0.4, 0.5) is 5.69 Å². The van der Waals surface area contributed by atoms with E-state index in [-0.39, 0.29) is 5.91 Å². The highest BCUT2D eigenvalue weighted by Crippen LogP contribution is 2.31. The van der Waals surface area contributed by atoms with Crippen LogP contribution in [-0.4, -0.2) is 38.4 Å². The highest BCUT2D eigenvalue weighted by atomic mass is 31.1. The van der Waals surface area contributed by atoms with Crippen molar-refractivity contribution in [3.8, 4) is 12.8 Å². The van der Waals surface area contributed by atoms with Crippen molar-refractivity contribution < 1.29 is 4.79 Å². The van der Waals surface area contributed by atoms with Gasteiger partial charge in [-0.3, -0.25) is 4.79 Å². The molecule has 0 aliphatic carbocycles. The van der Waals surface area contributed by atoms with Gasteiger partial charge in [0.2, 0.25) is 5.91 Å². The lowest BCUT2D eigenvalue weighted by Crippen LogP contribution is -2.33. The first-order valence-corrected chi connectivity index (χ1v) is 13.9. The third kappa shape index (κ3) is 18.6. The summed E-state index contributed by atoms with van der Waals surface area (Å²) in [5, 5.41) is 10.8. The van der Waals surface area contributed by atoms with E-state index in [1.165, 1.54) is 11.8 Å². The van der Waals surface area contributed by atoms with Gasteiger partial charge in [0.1, 0.15) is 0 Å². The maximum Gasteiger partial charge on any atom is 0.223 e. The van der Waals surface area contributed by atoms with Gasteiger partial charge in [-0.25, -0.2) is 0 Å². The number of aryl methyl sites for hydroxylation is 1. The Bertz CT molecular complexity index is 735. The Hall–Kier alpha value is -2.41. The summed E-state index contributed by atoms with van der Waals surface area (Å²) in [6.07, 6.45) is 14.4. The maximum atomic E-state index is 11.7. The van der Waals surface area contributed by atoms with Crippen LogP contribution in [-0.2, 0) is 11.2 Å². The summed E-state index contributed by atoms with van der Waals surface area (Å²) in [4.78, 5) is 13.6. The van der Waals surface area contributed by atoms with E-state index in [1.807, 2.05) is 85.5 Å². The predicted octanol–water partition coefficient (Wildman–Crippen LogP) is 7.07. The van der Waals surface area contributed by atoms with Gasteiger partial charge in [-0.05, 0) is 75.3 Å². The van der Waals surface area contributed by atoms with Crippen molar-refractivity contribution in [2.24, 2.45) is 5.73 Å². The van der Waals surface area contributed by atoms with Crippen LogP contribution in [0.1, 0.15) is 79.9 Å². The van der Waals surface area contributed by atoms with Crippen molar-refractivity contribution in [3.63, 3.8) is 0 Å². The Morgan fingerprint density at radius 2 is 1.71 bits per heavy atom. The number of nitrogens with zero attached hydrogens (tertiary/aromatic N) is 1. The van der Waals surface area contributed by atoms with Gasteiger partial charge in [0.25, 0.3) is 0 Å². The fourth-order valence-corrected chi connectivity index (χ4v) is 3.70. The molecule has 0 spiro atoms. The van der Waals surface area contributed by atoms with E-state index in [0.29, 0.717) is 8.58 Å². The minimum absolute atomic E-state index is 0.102. The van der Waals surface area contributed by atoms with Crippen molar-refractivity contribution in [1.29, 1.82) is 5.41 Å². The van der Waals surface area contributed by atoms with Gasteiger partial charge in [-0.15, -0.1) is 12.8 Å². The first kappa shape index (κ1) is 39.8. The third-order valence-electron chi connectivity index (χ3n) is 4.30. The van der Waals surface area contributed by atoms with Crippen LogP contribution in [0, 0.1) is 18.3 Å². The molecule has 0 aromatic heterocycles. The number of allylic oxidation sites excluding steroid dienone is 3. The van der Waals surface area contributed by atoms with Crippen molar-refractivity contribution in [1.82, 2.24) is 5.32 Å². The summed E-state index contributed by atoms with van der Waals surface area (Å²) in [6, 6.07) is 6.20. The van der Waals surface area contributed by atoms with E-state index in [9.17, 15) is 4.79 Å². The molecule has 0 bridgehead atoms. The SMILES string of the molecule is C#C.C/C=C(\C)N.CC.CC.CC.CNCCP/C=C(\C=N)c1ccc2c(c1)CCCN2C(C)=O. The number of hydrogen-bond donors (Lipinski definition) is 3. The van der Waals surface area contributed by atoms with E-state index in [0.717, 1.165) is 54.6 Å². The summed E-state index contributed by atoms with van der Waals surface area (Å²) in [7, 11) is 2.67. The molecule has 2 rings (SSSR count). The number of nitrogens with one attached hydrogen (secondary N) is 2. The molecule has 5 nitrogen and oxygen atoms in total. The molecule has 1 atom stereocenters. The molecule has 1 unspecified atom stereocenters. The first-order valence-electron chi connectivity index (χ1n) is 12.7. The van der Waals surface area contributed by atoms with Gasteiger partial charge in [-0.1, -0.05) is 68.1 Å². The Morgan fingerprint density at radius 3 is 2.14 bits per heavy atom. The van der Waals surface area contributed by atoms with E-state index < -0.39 is 0 Å². The minimum Gasteiger partial charge on any atom is -0.403 e. The van der Waals surface area contributed by atoms with E-state index in [1.54, 1.807) is 6.92 Å². The molecule has 0 saturated carbocycles. The zero-order chi connectivity index (χ0) is 28.2. The molecule has 6 heteroatoms. The Balaban J connectivity index is -0.000000314. The van der Waals surface area contributed by atoms with Crippen molar-refractivity contribution in [3.05, 3.63) is 46.9 Å². The number of fused-ring (bicyclic) bond motifs is 1. The zero-order valence-corrected chi connectivity index (χ0v) is 25.1. The zero-order valence-electron chi connectivity index (χ0n) is 24.1. The number of anilines is 1. The standard InChI is InChI=1S/C17H24N3OP.C4H9N.3C2H6.C2H2/c1-13(21)20-8-3-4-15-10-14(5-6-17(15)20)16(11-18)12-22-9-7-19-2;1-3-4(2)5;4*1-2/h5-6,10-12,18-19,22H,3-4,7-9H2,1-2H3;3H,5H2,1-2H3;3*1-2H3;1-2H/b16-12+,18-11?;4-3+;;;;. The molecule has 0 saturated heterocycles. The first-order chi connectivity index (χ1) is 16.9. The van der Waals surface area contributed by atoms with Crippen LogP contribution in [0.5, 0.6) is 0 Å². The van der Waals surface area contributed by atoms with Crippen molar-refractivity contribution in [2.45, 2.75) is 75.2 Å². The number of amides is 1. The molecule has 1 heterocycles. The second-order valence-corrected chi connectivity index (χ2v) is 7.65. The molecule has 200 valence electrons. The molecular formula is C29H53N4OP. The molecule has 1 aromatic rings. The molecule has 0 fully saturated rings. The second-order valence-electron chi connectivity index (χ2n) is 6.45. The maximum absolute atomic E-state index is 11.7. The molecule has 1 aliphatic heterocycles. The number of hydrogen-bond acceptors (Lipinski definition) is 4. The van der Waals surface area contributed by atoms with Gasteiger partial charge in [0.05, 0.1) is 0 Å². The van der Waals surface area contributed by atoms with E-state index in [2.05, 4.69) is 30.0 Å². The Morgan fingerprint density at radius 1 is 1.17 bits per heavy atom. The topological polar surface area (TPSA) is 82.2 Å². The average Bonchev–Trinajstić information content (AvgIpc) is 2.93. The fourth-order valence-electron chi connectivity index (χ4n) is 2.69. The number of carbonyl (C=O) groups is 1. The number of terminal acetylenes is 1. The molecule has 1 aliphatic rings. The summed E-state index contributed by atoms with van der Waals surface area (Å²) in [6.45, 7) is 19.2. The number of nitrogens with two attached hydrogens (primary N) is 1. The third-order valence-corrected chi connectivity index (χ3v) is 5.35. The highest BCUT2D eigenvalue weighted by Gasteiger charge is 2.20. The fraction of sp³-hybridized carbons (Fsp3) is 0.517. The van der Waals surface area contributed by atoms with Gasteiger partial charge < -0.3 is 21.4 Å². The van der Waals surface area contributed by atoms with Gasteiger partial charge in [0.15, 0.2) is 0 Å². The van der Waals surface area contributed by atoms with Crippen LogP contribution in [0.2, 0.25) is 0 Å². The Kier molecular flexibility index (Phi) is 33.7. The lowest BCUT2D eigenvalue weighted by atomic mass is 9.97. The summed E-state index contributed by atoms with van der Waals surface area (Å²) >= 11 is 0. The van der Waals surface area contributed by atoms with Crippen LogP contribution >= 0.6 is 8.58 Å². The lowest BCUT2D eigenvalue weighted by molar-refractivity contribution is -0.116. The minimum atomic E-state index is 0.102. The molecular weight excluding hydrogens is 451 g/mol. The van der Waals surface area contributed by atoms with Gasteiger partial charge >= 0.3 is 0 Å². The molecule has 1 amide bonds. The molecule has 1 aromatic carbocycles. The monoisotopic (exact) mass is 504 g/mol. The predicted molar refractivity (Wildman–Crippen MR) is 164 cm³/mol. The smallest absolute Gasteiger partial charge is 0.223 e. The summed E-state index contributed by atoms with van der Waals surface area (Å²) in [5.74, 6) is 2.25. The normalized spacial score (nSPS) is 11.8. The van der Waals surface area contributed by atoms with Gasteiger partial charge in [0, 0.05) is 31.1 Å². The molecule has 4 N–H and O–H groups in total. The average molecular weight is 505 g/mol. The van der Waals surface area contributed by atoms with Crippen LogP contribution in [0.15, 0.2) is 35.8 Å². The number of carbonyl (C=O) groups excluding carboxylic acids is 1. The molecule has 0 radical (unpaired) electrons. The van der Waals surface area contributed by atoms with E-state index >= 15 is 0 Å². The van der Waals surface area contributed by atoms with Gasteiger partial charge in [-0.2, -0.15) is 0 Å². The van der Waals surface area contributed by atoms with Crippen LogP contribution < -0.4 is 16.0 Å². The quantitative estimate of drug-likeness (QED) is 0.168.